The molecule has 2 fully saturated rings. The van der Waals surface area contributed by atoms with Gasteiger partial charge in [0.1, 0.15) is 0 Å². The fourth-order valence-electron chi connectivity index (χ4n) is 3.84. The number of piperazine rings is 1. The van der Waals surface area contributed by atoms with Gasteiger partial charge in [0.05, 0.1) is 6.54 Å². The van der Waals surface area contributed by atoms with Crippen molar-refractivity contribution >= 4 is 11.6 Å². The first-order chi connectivity index (χ1) is 11.1. The van der Waals surface area contributed by atoms with Gasteiger partial charge in [0.25, 0.3) is 0 Å². The molecule has 0 unspecified atom stereocenters. The van der Waals surface area contributed by atoms with E-state index in [1.54, 1.807) is 0 Å². The third-order valence-corrected chi connectivity index (χ3v) is 5.49. The fourth-order valence-corrected chi connectivity index (χ4v) is 3.84. The van der Waals surface area contributed by atoms with Gasteiger partial charge >= 0.3 is 0 Å². The van der Waals surface area contributed by atoms with Crippen LogP contribution in [0.25, 0.3) is 0 Å². The van der Waals surface area contributed by atoms with Gasteiger partial charge in [-0.2, -0.15) is 0 Å². The SMILES string of the molecule is Cc1cccc(NC(=O)CN2CCN(C3CCCC3)CC2)c1C. The van der Waals surface area contributed by atoms with Gasteiger partial charge in [-0.1, -0.05) is 25.0 Å². The summed E-state index contributed by atoms with van der Waals surface area (Å²) in [6.07, 6.45) is 5.52. The Morgan fingerprint density at radius 1 is 1.13 bits per heavy atom. The molecule has 1 aromatic carbocycles. The Morgan fingerprint density at radius 2 is 1.83 bits per heavy atom. The summed E-state index contributed by atoms with van der Waals surface area (Å²) >= 11 is 0. The van der Waals surface area contributed by atoms with Crippen LogP contribution in [0.1, 0.15) is 36.8 Å². The molecule has 0 atom stereocenters. The molecule has 0 aromatic heterocycles. The van der Waals surface area contributed by atoms with Gasteiger partial charge in [-0.05, 0) is 43.9 Å². The average molecular weight is 315 g/mol. The van der Waals surface area contributed by atoms with E-state index in [-0.39, 0.29) is 5.91 Å². The molecule has 1 heterocycles. The normalized spacial score (nSPS) is 20.8. The molecular formula is C19H29N3O. The number of hydrogen-bond acceptors (Lipinski definition) is 3. The van der Waals surface area contributed by atoms with E-state index in [0.717, 1.165) is 43.5 Å². The number of aryl methyl sites for hydroxylation is 1. The van der Waals surface area contributed by atoms with Crippen molar-refractivity contribution in [1.29, 1.82) is 0 Å². The minimum atomic E-state index is 0.105. The van der Waals surface area contributed by atoms with Crippen LogP contribution in [0.3, 0.4) is 0 Å². The van der Waals surface area contributed by atoms with E-state index in [1.165, 1.54) is 31.2 Å². The van der Waals surface area contributed by atoms with Gasteiger partial charge in [0.15, 0.2) is 0 Å². The lowest BCUT2D eigenvalue weighted by Crippen LogP contribution is -2.51. The van der Waals surface area contributed by atoms with Crippen molar-refractivity contribution in [3.05, 3.63) is 29.3 Å². The van der Waals surface area contributed by atoms with Crippen molar-refractivity contribution in [2.24, 2.45) is 0 Å². The lowest BCUT2D eigenvalue weighted by molar-refractivity contribution is -0.117. The van der Waals surface area contributed by atoms with E-state index in [0.29, 0.717) is 6.54 Å². The van der Waals surface area contributed by atoms with Crippen molar-refractivity contribution in [2.75, 3.05) is 38.0 Å². The second-order valence-electron chi connectivity index (χ2n) is 7.05. The van der Waals surface area contributed by atoms with E-state index in [2.05, 4.69) is 35.0 Å². The number of amides is 1. The summed E-state index contributed by atoms with van der Waals surface area (Å²) in [7, 11) is 0. The summed E-state index contributed by atoms with van der Waals surface area (Å²) in [6.45, 7) is 8.89. The van der Waals surface area contributed by atoms with Crippen LogP contribution in [0.15, 0.2) is 18.2 Å². The topological polar surface area (TPSA) is 35.6 Å². The predicted molar refractivity (Wildman–Crippen MR) is 94.8 cm³/mol. The van der Waals surface area contributed by atoms with Crippen LogP contribution in [0.2, 0.25) is 0 Å². The Kier molecular flexibility index (Phi) is 5.34. The lowest BCUT2D eigenvalue weighted by Gasteiger charge is -2.37. The monoisotopic (exact) mass is 315 g/mol. The average Bonchev–Trinajstić information content (AvgIpc) is 3.07. The Hall–Kier alpha value is -1.39. The van der Waals surface area contributed by atoms with E-state index >= 15 is 0 Å². The Labute approximate surface area is 139 Å². The third-order valence-electron chi connectivity index (χ3n) is 5.49. The highest BCUT2D eigenvalue weighted by atomic mass is 16.2. The van der Waals surface area contributed by atoms with Crippen molar-refractivity contribution in [2.45, 2.75) is 45.6 Å². The van der Waals surface area contributed by atoms with Gasteiger partial charge in [-0.15, -0.1) is 0 Å². The maximum absolute atomic E-state index is 12.3. The van der Waals surface area contributed by atoms with Crippen LogP contribution < -0.4 is 5.32 Å². The minimum absolute atomic E-state index is 0.105. The minimum Gasteiger partial charge on any atom is -0.325 e. The molecule has 1 aromatic rings. The van der Waals surface area contributed by atoms with E-state index in [1.807, 2.05) is 12.1 Å². The quantitative estimate of drug-likeness (QED) is 0.928. The number of benzene rings is 1. The highest BCUT2D eigenvalue weighted by molar-refractivity contribution is 5.93. The molecular weight excluding hydrogens is 286 g/mol. The number of carbonyl (C=O) groups excluding carboxylic acids is 1. The zero-order valence-electron chi connectivity index (χ0n) is 14.5. The molecule has 4 nitrogen and oxygen atoms in total. The summed E-state index contributed by atoms with van der Waals surface area (Å²) in [5.74, 6) is 0.105. The zero-order valence-corrected chi connectivity index (χ0v) is 14.5. The first-order valence-electron chi connectivity index (χ1n) is 8.96. The lowest BCUT2D eigenvalue weighted by atomic mass is 10.1. The van der Waals surface area contributed by atoms with Gasteiger partial charge in [-0.3, -0.25) is 14.6 Å². The van der Waals surface area contributed by atoms with Crippen LogP contribution in [0.4, 0.5) is 5.69 Å². The molecule has 2 aliphatic rings. The molecule has 1 aliphatic heterocycles. The van der Waals surface area contributed by atoms with E-state index in [4.69, 9.17) is 0 Å². The molecule has 0 bridgehead atoms. The Balaban J connectivity index is 1.46. The highest BCUT2D eigenvalue weighted by Crippen LogP contribution is 2.24. The molecule has 23 heavy (non-hydrogen) atoms. The summed E-state index contributed by atoms with van der Waals surface area (Å²) in [6, 6.07) is 6.87. The number of anilines is 1. The van der Waals surface area contributed by atoms with Gasteiger partial charge in [0, 0.05) is 37.9 Å². The number of nitrogens with zero attached hydrogens (tertiary/aromatic N) is 2. The molecule has 1 saturated carbocycles. The van der Waals surface area contributed by atoms with E-state index in [9.17, 15) is 4.79 Å². The van der Waals surface area contributed by atoms with E-state index < -0.39 is 0 Å². The predicted octanol–water partition coefficient (Wildman–Crippen LogP) is 2.80. The standard InChI is InChI=1S/C19H29N3O/c1-15-6-5-9-18(16(15)2)20-19(23)14-21-10-12-22(13-11-21)17-7-3-4-8-17/h5-6,9,17H,3-4,7-8,10-14H2,1-2H3,(H,20,23). The summed E-state index contributed by atoms with van der Waals surface area (Å²) in [5, 5.41) is 3.07. The summed E-state index contributed by atoms with van der Waals surface area (Å²) < 4.78 is 0. The first-order valence-corrected chi connectivity index (χ1v) is 8.96. The number of carbonyl (C=O) groups is 1. The molecule has 1 N–H and O–H groups in total. The van der Waals surface area contributed by atoms with Crippen LogP contribution in [0, 0.1) is 13.8 Å². The number of nitrogens with one attached hydrogen (secondary N) is 1. The largest absolute Gasteiger partial charge is 0.325 e. The van der Waals surface area contributed by atoms with Crippen molar-refractivity contribution in [1.82, 2.24) is 9.80 Å². The second kappa shape index (κ2) is 7.45. The molecule has 1 amide bonds. The van der Waals surface area contributed by atoms with Crippen LogP contribution in [-0.2, 0) is 4.79 Å². The Bertz CT molecular complexity index is 544. The smallest absolute Gasteiger partial charge is 0.238 e. The van der Waals surface area contributed by atoms with Crippen molar-refractivity contribution in [3.8, 4) is 0 Å². The third kappa shape index (κ3) is 4.12. The summed E-state index contributed by atoms with van der Waals surface area (Å²) in [4.78, 5) is 17.2. The number of hydrogen-bond donors (Lipinski definition) is 1. The van der Waals surface area contributed by atoms with Crippen LogP contribution in [0.5, 0.6) is 0 Å². The molecule has 126 valence electrons. The Morgan fingerprint density at radius 3 is 2.52 bits per heavy atom. The zero-order chi connectivity index (χ0) is 16.2. The van der Waals surface area contributed by atoms with Crippen LogP contribution >= 0.6 is 0 Å². The van der Waals surface area contributed by atoms with Crippen molar-refractivity contribution in [3.63, 3.8) is 0 Å². The molecule has 1 aliphatic carbocycles. The molecule has 1 saturated heterocycles. The first kappa shape index (κ1) is 16.5. The van der Waals surface area contributed by atoms with Crippen molar-refractivity contribution < 1.29 is 4.79 Å². The molecule has 0 radical (unpaired) electrons. The van der Waals surface area contributed by atoms with Crippen LogP contribution in [-0.4, -0.2) is 54.5 Å². The summed E-state index contributed by atoms with van der Waals surface area (Å²) in [5.41, 5.74) is 3.32. The van der Waals surface area contributed by atoms with Gasteiger partial charge in [0.2, 0.25) is 5.91 Å². The second-order valence-corrected chi connectivity index (χ2v) is 7.05. The maximum atomic E-state index is 12.3. The van der Waals surface area contributed by atoms with Gasteiger partial charge < -0.3 is 5.32 Å². The molecule has 0 spiro atoms. The molecule has 3 rings (SSSR count). The fraction of sp³-hybridized carbons (Fsp3) is 0.632. The maximum Gasteiger partial charge on any atom is 0.238 e. The highest BCUT2D eigenvalue weighted by Gasteiger charge is 2.26. The molecule has 4 heteroatoms. The number of rotatable bonds is 4. The van der Waals surface area contributed by atoms with Gasteiger partial charge in [-0.25, -0.2) is 0 Å².